The Hall–Kier alpha value is -5.84. The van der Waals surface area contributed by atoms with Gasteiger partial charge >= 0.3 is 0 Å². The lowest BCUT2D eigenvalue weighted by Crippen LogP contribution is -2.33. The van der Waals surface area contributed by atoms with Crippen molar-refractivity contribution >= 4 is 45.0 Å². The van der Waals surface area contributed by atoms with Crippen molar-refractivity contribution in [2.45, 2.75) is 71.4 Å². The summed E-state index contributed by atoms with van der Waals surface area (Å²) in [6.07, 6.45) is 4.10. The summed E-state index contributed by atoms with van der Waals surface area (Å²) in [5.74, 6) is 0.592. The van der Waals surface area contributed by atoms with Gasteiger partial charge in [0.1, 0.15) is 0 Å². The van der Waals surface area contributed by atoms with E-state index in [0.29, 0.717) is 36.1 Å². The van der Waals surface area contributed by atoms with Gasteiger partial charge in [0.2, 0.25) is 0 Å². The van der Waals surface area contributed by atoms with Crippen LogP contribution in [0, 0.1) is 0 Å². The highest BCUT2D eigenvalue weighted by molar-refractivity contribution is 6.08. The number of carbonyl (C=O) groups is 2. The largest absolute Gasteiger partial charge is 0.317 e. The van der Waals surface area contributed by atoms with Crippen molar-refractivity contribution in [2.24, 2.45) is 0 Å². The number of rotatable bonds is 9. The molecular formula is C50H58N6O4. The third kappa shape index (κ3) is 8.86. The van der Waals surface area contributed by atoms with Gasteiger partial charge in [-0.3, -0.25) is 19.2 Å². The Morgan fingerprint density at radius 2 is 0.983 bits per heavy atom. The lowest BCUT2D eigenvalue weighted by molar-refractivity contribution is 0.0985. The second-order valence-electron chi connectivity index (χ2n) is 16.0. The predicted molar refractivity (Wildman–Crippen MR) is 245 cm³/mol. The molecule has 60 heavy (non-hydrogen) atoms. The second-order valence-corrected chi connectivity index (χ2v) is 16.0. The predicted octanol–water partition coefficient (Wildman–Crippen LogP) is 8.26. The van der Waals surface area contributed by atoms with E-state index >= 15 is 0 Å². The van der Waals surface area contributed by atoms with Crippen LogP contribution in [0.3, 0.4) is 0 Å². The number of anilines is 2. The van der Waals surface area contributed by atoms with Crippen LogP contribution in [0.1, 0.15) is 90.1 Å². The standard InChI is InChI=1S/C26H31N3O2.C24H27N3O2/c1-4-28-15-13-19(14-16-28)22-18-25(30)29(5-2)24-12-11-20(17-23(22)24)26(31)27(3)21-9-7-6-8-10-21;1-3-27-22-10-9-18(24(29)26(2)19-7-5-4-6-8-19)15-21(22)20(16-23(27)28)17-11-13-25-14-12-17/h6-12,17-19H,4-5,13-16H2,1-3H3;4-10,15-17,25H,3,11-14H2,1-2H3. The molecule has 2 saturated heterocycles. The number of aryl methyl sites for hydroxylation is 2. The molecule has 0 atom stereocenters. The molecule has 2 aliphatic heterocycles. The number of hydrogen-bond acceptors (Lipinski definition) is 6. The minimum atomic E-state index is -0.0522. The Bertz CT molecular complexity index is 2570. The molecule has 0 radical (unpaired) electrons. The Morgan fingerprint density at radius 1 is 0.567 bits per heavy atom. The van der Waals surface area contributed by atoms with Crippen LogP contribution in [0.5, 0.6) is 0 Å². The molecule has 10 nitrogen and oxygen atoms in total. The molecule has 2 fully saturated rings. The number of benzene rings is 4. The van der Waals surface area contributed by atoms with E-state index in [1.54, 1.807) is 39.1 Å². The number of nitrogens with one attached hydrogen (secondary N) is 1. The van der Waals surface area contributed by atoms with Crippen LogP contribution in [-0.2, 0) is 13.1 Å². The average Bonchev–Trinajstić information content (AvgIpc) is 3.31. The summed E-state index contributed by atoms with van der Waals surface area (Å²) < 4.78 is 3.59. The van der Waals surface area contributed by atoms with Crippen LogP contribution in [0.25, 0.3) is 21.8 Å². The maximum absolute atomic E-state index is 13.2. The summed E-state index contributed by atoms with van der Waals surface area (Å²) in [6, 6.07) is 34.4. The highest BCUT2D eigenvalue weighted by atomic mass is 16.2. The fourth-order valence-electron chi connectivity index (χ4n) is 9.03. The van der Waals surface area contributed by atoms with Crippen molar-refractivity contribution < 1.29 is 9.59 Å². The summed E-state index contributed by atoms with van der Waals surface area (Å²) in [5, 5.41) is 5.44. The number of carbonyl (C=O) groups excluding carboxylic acids is 2. The minimum absolute atomic E-state index is 0.0361. The van der Waals surface area contributed by atoms with Crippen LogP contribution < -0.4 is 26.2 Å². The van der Waals surface area contributed by atoms with E-state index in [0.717, 1.165) is 103 Å². The van der Waals surface area contributed by atoms with Crippen molar-refractivity contribution in [3.63, 3.8) is 0 Å². The van der Waals surface area contributed by atoms with Crippen molar-refractivity contribution in [3.8, 4) is 0 Å². The van der Waals surface area contributed by atoms with Gasteiger partial charge < -0.3 is 29.2 Å². The SMILES string of the molecule is CCN1CCC(c2cc(=O)n(CC)c3ccc(C(=O)N(C)c4ccccc4)cc23)CC1.CCn1c(=O)cc(C2CCNCC2)c2cc(C(=O)N(C)c3ccccc3)ccc21. The first-order chi connectivity index (χ1) is 29.1. The van der Waals surface area contributed by atoms with Gasteiger partial charge in [-0.15, -0.1) is 0 Å². The van der Waals surface area contributed by atoms with Gasteiger partial charge in [-0.1, -0.05) is 43.3 Å². The molecular weight excluding hydrogens is 749 g/mol. The number of piperidine rings is 2. The normalized spacial score (nSPS) is 15.1. The molecule has 10 heteroatoms. The van der Waals surface area contributed by atoms with Gasteiger partial charge in [-0.05, 0) is 156 Å². The first-order valence-electron chi connectivity index (χ1n) is 21.6. The van der Waals surface area contributed by atoms with Crippen LogP contribution in [0.4, 0.5) is 11.4 Å². The molecule has 0 unspecified atom stereocenters. The number of amides is 2. The third-order valence-electron chi connectivity index (χ3n) is 12.6. The second kappa shape index (κ2) is 19.0. The Balaban J connectivity index is 0.000000182. The maximum atomic E-state index is 13.2. The van der Waals surface area contributed by atoms with E-state index in [2.05, 4.69) is 17.1 Å². The first kappa shape index (κ1) is 42.3. The zero-order valence-corrected chi connectivity index (χ0v) is 35.7. The molecule has 6 aromatic rings. The molecule has 1 N–H and O–H groups in total. The highest BCUT2D eigenvalue weighted by Gasteiger charge is 2.25. The number of pyridine rings is 2. The van der Waals surface area contributed by atoms with Crippen molar-refractivity contribution in [3.05, 3.63) is 152 Å². The number of aromatic nitrogens is 2. The molecule has 2 amide bonds. The number of likely N-dealkylation sites (tertiary alicyclic amines) is 1. The zero-order valence-electron chi connectivity index (χ0n) is 35.7. The number of hydrogen-bond donors (Lipinski definition) is 1. The monoisotopic (exact) mass is 806 g/mol. The molecule has 8 rings (SSSR count). The number of nitrogens with zero attached hydrogens (tertiary/aromatic N) is 5. The average molecular weight is 807 g/mol. The lowest BCUT2D eigenvalue weighted by Gasteiger charge is -2.32. The van der Waals surface area contributed by atoms with Gasteiger partial charge in [0.15, 0.2) is 0 Å². The van der Waals surface area contributed by atoms with E-state index in [1.807, 2.05) is 117 Å². The van der Waals surface area contributed by atoms with E-state index in [9.17, 15) is 19.2 Å². The molecule has 312 valence electrons. The zero-order chi connectivity index (χ0) is 42.3. The fourth-order valence-corrected chi connectivity index (χ4v) is 9.03. The Morgan fingerprint density at radius 3 is 1.38 bits per heavy atom. The van der Waals surface area contributed by atoms with Gasteiger partial charge in [-0.25, -0.2) is 0 Å². The summed E-state index contributed by atoms with van der Waals surface area (Å²) in [6.45, 7) is 12.5. The Labute approximate surface area is 353 Å². The molecule has 0 aliphatic carbocycles. The molecule has 2 aliphatic rings. The van der Waals surface area contributed by atoms with Crippen LogP contribution in [0.2, 0.25) is 0 Å². The van der Waals surface area contributed by atoms with Gasteiger partial charge in [0.05, 0.1) is 11.0 Å². The van der Waals surface area contributed by atoms with E-state index in [1.165, 1.54) is 0 Å². The Kier molecular flexibility index (Phi) is 13.4. The van der Waals surface area contributed by atoms with E-state index in [-0.39, 0.29) is 22.9 Å². The smallest absolute Gasteiger partial charge is 0.258 e. The quantitative estimate of drug-likeness (QED) is 0.158. The molecule has 0 spiro atoms. The van der Waals surface area contributed by atoms with Gasteiger partial charge in [-0.2, -0.15) is 0 Å². The van der Waals surface area contributed by atoms with Crippen molar-refractivity contribution in [1.29, 1.82) is 0 Å². The summed E-state index contributed by atoms with van der Waals surface area (Å²) in [5.41, 5.74) is 7.08. The lowest BCUT2D eigenvalue weighted by atomic mass is 9.87. The summed E-state index contributed by atoms with van der Waals surface area (Å²) in [7, 11) is 3.60. The van der Waals surface area contributed by atoms with Crippen LogP contribution in [-0.4, -0.2) is 72.7 Å². The van der Waals surface area contributed by atoms with E-state index in [4.69, 9.17) is 0 Å². The highest BCUT2D eigenvalue weighted by Crippen LogP contribution is 2.34. The van der Waals surface area contributed by atoms with Gasteiger partial charge in [0.25, 0.3) is 22.9 Å². The molecule has 0 bridgehead atoms. The minimum Gasteiger partial charge on any atom is -0.317 e. The number of para-hydroxylation sites is 2. The first-order valence-corrected chi connectivity index (χ1v) is 21.6. The van der Waals surface area contributed by atoms with E-state index < -0.39 is 0 Å². The summed E-state index contributed by atoms with van der Waals surface area (Å²) in [4.78, 5) is 57.7. The molecule has 4 heterocycles. The number of fused-ring (bicyclic) bond motifs is 2. The molecule has 0 saturated carbocycles. The van der Waals surface area contributed by atoms with Crippen LogP contribution >= 0.6 is 0 Å². The van der Waals surface area contributed by atoms with Crippen molar-refractivity contribution in [1.82, 2.24) is 19.4 Å². The summed E-state index contributed by atoms with van der Waals surface area (Å²) >= 11 is 0. The fraction of sp³-hybridized carbons (Fsp3) is 0.360. The van der Waals surface area contributed by atoms with Crippen LogP contribution in [0.15, 0.2) is 119 Å². The molecule has 2 aromatic heterocycles. The topological polar surface area (TPSA) is 99.9 Å². The van der Waals surface area contributed by atoms with Crippen molar-refractivity contribution in [2.75, 3.05) is 56.6 Å². The maximum Gasteiger partial charge on any atom is 0.258 e. The molecule has 4 aromatic carbocycles. The third-order valence-corrected chi connectivity index (χ3v) is 12.6. The van der Waals surface area contributed by atoms with Gasteiger partial charge in [0, 0.05) is 72.6 Å².